The maximum absolute atomic E-state index is 15.6. The molecule has 2 N–H and O–H groups in total. The second kappa shape index (κ2) is 14.3. The highest BCUT2D eigenvalue weighted by Crippen LogP contribution is 2.38. The van der Waals surface area contributed by atoms with Crippen LogP contribution in [0.15, 0.2) is 48.5 Å². The van der Waals surface area contributed by atoms with E-state index in [0.29, 0.717) is 47.5 Å². The van der Waals surface area contributed by atoms with Crippen molar-refractivity contribution < 1.29 is 49.1 Å². The van der Waals surface area contributed by atoms with Crippen LogP contribution in [0.1, 0.15) is 47.1 Å². The van der Waals surface area contributed by atoms with E-state index in [4.69, 9.17) is 0 Å². The van der Waals surface area contributed by atoms with Gasteiger partial charge in [0.15, 0.2) is 15.1 Å². The van der Waals surface area contributed by atoms with Gasteiger partial charge >= 0.3 is 6.18 Å². The third-order valence-corrected chi connectivity index (χ3v) is 11.7. The number of aromatic nitrogens is 1. The van der Waals surface area contributed by atoms with Crippen molar-refractivity contribution in [3.8, 4) is 11.1 Å². The minimum atomic E-state index is -4.83. The SMILES string of the molecule is O=C(CNC(=O)C(c1nc2cc(F)c(-c3ccc4c(c3)CCCN4C(=O)Cc3c(F)cccc3F)cc2s1)S(=O)(=O)CCC(F)(F)F)NC1CC1. The number of nitrogens with zero attached hydrogens (tertiary/aromatic N) is 2. The Kier molecular flexibility index (Phi) is 10.1. The Morgan fingerprint density at radius 1 is 1.00 bits per heavy atom. The van der Waals surface area contributed by atoms with Gasteiger partial charge in [-0.15, -0.1) is 11.3 Å². The van der Waals surface area contributed by atoms with Gasteiger partial charge < -0.3 is 15.5 Å². The molecule has 1 saturated carbocycles. The van der Waals surface area contributed by atoms with E-state index in [1.54, 1.807) is 18.2 Å². The number of anilines is 1. The molecule has 3 amide bonds. The molecule has 1 aliphatic carbocycles. The number of hydrogen-bond acceptors (Lipinski definition) is 7. The lowest BCUT2D eigenvalue weighted by atomic mass is 9.95. The van der Waals surface area contributed by atoms with Crippen molar-refractivity contribution in [1.29, 1.82) is 0 Å². The molecule has 3 aromatic carbocycles. The Morgan fingerprint density at radius 2 is 1.73 bits per heavy atom. The number of thiazole rings is 1. The van der Waals surface area contributed by atoms with Crippen LogP contribution in [0.2, 0.25) is 0 Å². The normalized spacial score (nSPS) is 15.4. The molecule has 2 heterocycles. The predicted octanol–water partition coefficient (Wildman–Crippen LogP) is 5.71. The number of halogens is 6. The molecule has 270 valence electrons. The highest BCUT2D eigenvalue weighted by atomic mass is 32.2. The lowest BCUT2D eigenvalue weighted by Crippen LogP contribution is -2.41. The van der Waals surface area contributed by atoms with Crippen molar-refractivity contribution in [1.82, 2.24) is 15.6 Å². The molecule has 0 radical (unpaired) electrons. The second-order valence-electron chi connectivity index (χ2n) is 12.4. The minimum Gasteiger partial charge on any atom is -0.352 e. The summed E-state index contributed by atoms with van der Waals surface area (Å²) in [4.78, 5) is 44.0. The van der Waals surface area contributed by atoms with Crippen molar-refractivity contribution in [2.75, 3.05) is 23.7 Å². The van der Waals surface area contributed by atoms with Crippen LogP contribution in [0, 0.1) is 17.5 Å². The van der Waals surface area contributed by atoms with Crippen LogP contribution in [0.25, 0.3) is 21.3 Å². The number of alkyl halides is 3. The molecule has 0 bridgehead atoms. The predicted molar refractivity (Wildman–Crippen MR) is 177 cm³/mol. The summed E-state index contributed by atoms with van der Waals surface area (Å²) in [5.41, 5.74) is 1.22. The number of hydrogen-bond donors (Lipinski definition) is 2. The zero-order valence-corrected chi connectivity index (χ0v) is 28.3. The van der Waals surface area contributed by atoms with E-state index in [1.165, 1.54) is 17.0 Å². The molecule has 17 heteroatoms. The van der Waals surface area contributed by atoms with E-state index in [-0.39, 0.29) is 27.4 Å². The largest absolute Gasteiger partial charge is 0.390 e. The maximum Gasteiger partial charge on any atom is 0.390 e. The fourth-order valence-corrected chi connectivity index (χ4v) is 8.92. The van der Waals surface area contributed by atoms with Gasteiger partial charge in [-0.25, -0.2) is 26.6 Å². The fraction of sp³-hybridized carbons (Fsp3) is 0.353. The third-order valence-electron chi connectivity index (χ3n) is 8.55. The Balaban J connectivity index is 1.28. The third kappa shape index (κ3) is 8.35. The first-order valence-electron chi connectivity index (χ1n) is 15.9. The first-order chi connectivity index (χ1) is 24.1. The molecular formula is C34H30F6N4O5S2. The van der Waals surface area contributed by atoms with E-state index in [9.17, 15) is 44.8 Å². The fourth-order valence-electron chi connectivity index (χ4n) is 5.84. The molecule has 4 aromatic rings. The zero-order valence-electron chi connectivity index (χ0n) is 26.7. The summed E-state index contributed by atoms with van der Waals surface area (Å²) in [5, 5.41) is 2.21. The molecule has 2 aliphatic rings. The van der Waals surface area contributed by atoms with Gasteiger partial charge in [-0.1, -0.05) is 12.1 Å². The standard InChI is InChI=1S/C34H30F6N4O5S2/c35-23-4-1-5-24(36)22(23)15-30(46)44-11-2-3-19-13-18(6-9-27(19)44)21-14-28-26(16-25(21)37)43-33(50-28)31(51(48,49)12-10-34(38,39)40)32(47)41-17-29(45)42-20-7-8-20/h1,4-6,9,13-14,16,20,31H,2-3,7-8,10-12,15,17H2,(H,41,47)(H,42,45). The summed E-state index contributed by atoms with van der Waals surface area (Å²) in [5.74, 6) is -6.22. The van der Waals surface area contributed by atoms with E-state index in [0.717, 1.165) is 31.0 Å². The molecule has 9 nitrogen and oxygen atoms in total. The Bertz CT molecular complexity index is 2110. The average Bonchev–Trinajstić information content (AvgIpc) is 3.79. The summed E-state index contributed by atoms with van der Waals surface area (Å²) in [6, 6.07) is 10.5. The minimum absolute atomic E-state index is 0.0401. The summed E-state index contributed by atoms with van der Waals surface area (Å²) in [6.07, 6.45) is -4.51. The van der Waals surface area contributed by atoms with Crippen LogP contribution < -0.4 is 15.5 Å². The lowest BCUT2D eigenvalue weighted by Gasteiger charge is -2.30. The van der Waals surface area contributed by atoms with Crippen molar-refractivity contribution in [2.24, 2.45) is 0 Å². The van der Waals surface area contributed by atoms with Gasteiger partial charge in [0.2, 0.25) is 17.7 Å². The first kappa shape index (κ1) is 36.3. The Labute approximate surface area is 292 Å². The highest BCUT2D eigenvalue weighted by Gasteiger charge is 2.40. The smallest absolute Gasteiger partial charge is 0.352 e. The van der Waals surface area contributed by atoms with Crippen LogP contribution in [0.3, 0.4) is 0 Å². The van der Waals surface area contributed by atoms with Gasteiger partial charge in [-0.05, 0) is 67.1 Å². The Morgan fingerprint density at radius 3 is 2.41 bits per heavy atom. The molecule has 1 unspecified atom stereocenters. The van der Waals surface area contributed by atoms with Gasteiger partial charge in [0.05, 0.1) is 35.4 Å². The zero-order chi connectivity index (χ0) is 36.7. The highest BCUT2D eigenvalue weighted by molar-refractivity contribution is 7.92. The summed E-state index contributed by atoms with van der Waals surface area (Å²) in [6.45, 7) is -0.303. The van der Waals surface area contributed by atoms with Gasteiger partial charge in [0.25, 0.3) is 0 Å². The number of amides is 3. The molecule has 51 heavy (non-hydrogen) atoms. The molecule has 1 fully saturated rings. The second-order valence-corrected chi connectivity index (χ2v) is 15.7. The average molecular weight is 753 g/mol. The number of carbonyl (C=O) groups is 3. The molecule has 0 spiro atoms. The van der Waals surface area contributed by atoms with Crippen molar-refractivity contribution in [3.63, 3.8) is 0 Å². The topological polar surface area (TPSA) is 126 Å². The molecule has 0 saturated heterocycles. The first-order valence-corrected chi connectivity index (χ1v) is 18.4. The number of carbonyl (C=O) groups excluding carboxylic acids is 3. The number of rotatable bonds is 11. The number of fused-ring (bicyclic) bond motifs is 2. The number of nitrogens with one attached hydrogen (secondary N) is 2. The van der Waals surface area contributed by atoms with Crippen molar-refractivity contribution in [3.05, 3.63) is 82.1 Å². The molecular weight excluding hydrogens is 723 g/mol. The Hall–Kier alpha value is -4.51. The van der Waals surface area contributed by atoms with Gasteiger partial charge in [0, 0.05) is 35.5 Å². The van der Waals surface area contributed by atoms with Gasteiger partial charge in [-0.3, -0.25) is 14.4 Å². The van der Waals surface area contributed by atoms with E-state index in [2.05, 4.69) is 15.6 Å². The molecule has 6 rings (SSSR count). The van der Waals surface area contributed by atoms with Crippen LogP contribution in [-0.4, -0.2) is 62.2 Å². The maximum atomic E-state index is 15.6. The van der Waals surface area contributed by atoms with Crippen LogP contribution in [0.5, 0.6) is 0 Å². The lowest BCUT2D eigenvalue weighted by molar-refractivity contribution is -0.130. The quantitative estimate of drug-likeness (QED) is 0.189. The van der Waals surface area contributed by atoms with Gasteiger partial charge in [0.1, 0.15) is 22.5 Å². The number of sulfone groups is 1. The summed E-state index contributed by atoms with van der Waals surface area (Å²) < 4.78 is 110. The van der Waals surface area contributed by atoms with Crippen molar-refractivity contribution >= 4 is 54.8 Å². The molecule has 1 aromatic heterocycles. The van der Waals surface area contributed by atoms with Crippen molar-refractivity contribution in [2.45, 2.75) is 56.0 Å². The van der Waals surface area contributed by atoms with Crippen LogP contribution in [-0.2, 0) is 37.1 Å². The van der Waals surface area contributed by atoms with Crippen LogP contribution in [0.4, 0.5) is 32.0 Å². The molecule has 1 aliphatic heterocycles. The number of aryl methyl sites for hydroxylation is 1. The van der Waals surface area contributed by atoms with E-state index < -0.39 is 86.6 Å². The molecule has 1 atom stereocenters. The summed E-state index contributed by atoms with van der Waals surface area (Å²) >= 11 is 0.689. The number of benzene rings is 3. The van der Waals surface area contributed by atoms with Crippen LogP contribution >= 0.6 is 11.3 Å². The van der Waals surface area contributed by atoms with E-state index in [1.807, 2.05) is 0 Å². The van der Waals surface area contributed by atoms with Gasteiger partial charge in [-0.2, -0.15) is 13.2 Å². The summed E-state index contributed by atoms with van der Waals surface area (Å²) in [7, 11) is -4.82. The monoisotopic (exact) mass is 752 g/mol. The van der Waals surface area contributed by atoms with E-state index >= 15 is 4.39 Å².